The molecule has 0 radical (unpaired) electrons. The zero-order chi connectivity index (χ0) is 23.0. The van der Waals surface area contributed by atoms with Crippen LogP contribution in [0.4, 0.5) is 0 Å². The molecule has 0 aliphatic carbocycles. The first-order valence-electron chi connectivity index (χ1n) is 10.9. The molecule has 168 valence electrons. The van der Waals surface area contributed by atoms with Crippen LogP contribution in [0.15, 0.2) is 34.1 Å². The summed E-state index contributed by atoms with van der Waals surface area (Å²) >= 11 is 3.39. The molecule has 2 rings (SSSR count). The molecule has 0 spiro atoms. The summed E-state index contributed by atoms with van der Waals surface area (Å²) in [6.07, 6.45) is 6.88. The molecule has 0 N–H and O–H groups in total. The van der Waals surface area contributed by atoms with Crippen LogP contribution in [-0.2, 0) is 9.53 Å². The summed E-state index contributed by atoms with van der Waals surface area (Å²) in [6, 6.07) is 6.06. The van der Waals surface area contributed by atoms with Gasteiger partial charge in [0.1, 0.15) is 16.6 Å². The van der Waals surface area contributed by atoms with Crippen molar-refractivity contribution >= 4 is 33.9 Å². The molecule has 0 saturated heterocycles. The molecule has 0 bridgehead atoms. The first-order valence-corrected chi connectivity index (χ1v) is 11.7. The van der Waals surface area contributed by atoms with Gasteiger partial charge in [-0.05, 0) is 61.2 Å². The van der Waals surface area contributed by atoms with Gasteiger partial charge in [0.25, 0.3) is 0 Å². The largest absolute Gasteiger partial charge is 0.465 e. The number of carbonyl (C=O) groups is 2. The van der Waals surface area contributed by atoms with Crippen LogP contribution in [0.1, 0.15) is 68.1 Å². The van der Waals surface area contributed by atoms with E-state index < -0.39 is 17.7 Å². The predicted octanol–water partition coefficient (Wildman–Crippen LogP) is 5.65. The lowest BCUT2D eigenvalue weighted by Crippen LogP contribution is -2.30. The summed E-state index contributed by atoms with van der Waals surface area (Å²) < 4.78 is 7.31. The number of halogens is 1. The summed E-state index contributed by atoms with van der Waals surface area (Å²) in [6.45, 7) is 10.1. The van der Waals surface area contributed by atoms with Gasteiger partial charge in [0.15, 0.2) is 5.92 Å². The number of aromatic nitrogens is 2. The number of rotatable bonds is 11. The van der Waals surface area contributed by atoms with Crippen molar-refractivity contribution in [1.82, 2.24) is 9.55 Å². The van der Waals surface area contributed by atoms with Crippen molar-refractivity contribution in [2.24, 2.45) is 10.9 Å². The molecular formula is C24H32BrN3O3. The Labute approximate surface area is 193 Å². The average Bonchev–Trinajstić information content (AvgIpc) is 3.09. The lowest BCUT2D eigenvalue weighted by atomic mass is 10.0. The van der Waals surface area contributed by atoms with Crippen LogP contribution in [0.3, 0.4) is 0 Å². The Balaban J connectivity index is 2.48. The van der Waals surface area contributed by atoms with Crippen LogP contribution in [0, 0.1) is 19.8 Å². The van der Waals surface area contributed by atoms with Crippen LogP contribution in [0.5, 0.6) is 0 Å². The molecule has 1 aromatic carbocycles. The second-order valence-electron chi connectivity index (χ2n) is 7.67. The van der Waals surface area contributed by atoms with Gasteiger partial charge in [-0.15, -0.1) is 0 Å². The summed E-state index contributed by atoms with van der Waals surface area (Å²) in [4.78, 5) is 35.1. The van der Waals surface area contributed by atoms with Crippen molar-refractivity contribution in [3.63, 3.8) is 0 Å². The second-order valence-corrected chi connectivity index (χ2v) is 8.42. The highest BCUT2D eigenvalue weighted by Crippen LogP contribution is 2.25. The lowest BCUT2D eigenvalue weighted by Gasteiger charge is -2.16. The topological polar surface area (TPSA) is 73.6 Å². The van der Waals surface area contributed by atoms with Gasteiger partial charge in [0.2, 0.25) is 5.78 Å². The van der Waals surface area contributed by atoms with Gasteiger partial charge in [-0.2, -0.15) is 0 Å². The molecule has 0 aliphatic heterocycles. The minimum atomic E-state index is -1.12. The number of benzene rings is 1. The second kappa shape index (κ2) is 11.9. The maximum atomic E-state index is 13.6. The molecule has 0 saturated carbocycles. The van der Waals surface area contributed by atoms with Crippen molar-refractivity contribution in [2.45, 2.75) is 66.3 Å². The molecule has 1 heterocycles. The number of ether oxygens (including phenoxy) is 1. The monoisotopic (exact) mass is 489 g/mol. The highest BCUT2D eigenvalue weighted by molar-refractivity contribution is 9.10. The Morgan fingerprint density at radius 1 is 1.19 bits per heavy atom. The summed E-state index contributed by atoms with van der Waals surface area (Å²) in [5.41, 5.74) is 3.27. The maximum absolute atomic E-state index is 13.6. The van der Waals surface area contributed by atoms with Gasteiger partial charge in [-0.1, -0.05) is 44.4 Å². The third kappa shape index (κ3) is 6.35. The van der Waals surface area contributed by atoms with E-state index >= 15 is 0 Å². The van der Waals surface area contributed by atoms with E-state index in [0.717, 1.165) is 42.5 Å². The number of hydrogen-bond acceptors (Lipinski definition) is 5. The van der Waals surface area contributed by atoms with E-state index in [1.807, 2.05) is 32.0 Å². The van der Waals surface area contributed by atoms with Crippen LogP contribution in [0.25, 0.3) is 5.69 Å². The number of carbonyl (C=O) groups excluding carboxylic acids is 2. The van der Waals surface area contributed by atoms with Crippen molar-refractivity contribution in [3.05, 3.63) is 46.0 Å². The van der Waals surface area contributed by atoms with E-state index in [0.29, 0.717) is 10.3 Å². The molecule has 0 amide bonds. The van der Waals surface area contributed by atoms with Crippen LogP contribution >= 0.6 is 15.9 Å². The van der Waals surface area contributed by atoms with Crippen molar-refractivity contribution in [2.75, 3.05) is 6.61 Å². The number of aryl methyl sites for hydroxylation is 2. The fraction of sp³-hybridized carbons (Fsp3) is 0.500. The molecule has 0 fully saturated rings. The van der Waals surface area contributed by atoms with Crippen molar-refractivity contribution in [3.8, 4) is 5.69 Å². The van der Waals surface area contributed by atoms with Crippen LogP contribution < -0.4 is 0 Å². The van der Waals surface area contributed by atoms with E-state index in [2.05, 4.69) is 39.8 Å². The number of nitrogens with zero attached hydrogens (tertiary/aromatic N) is 3. The number of esters is 1. The molecular weight excluding hydrogens is 458 g/mol. The predicted molar refractivity (Wildman–Crippen MR) is 127 cm³/mol. The Morgan fingerprint density at radius 3 is 2.45 bits per heavy atom. The Bertz CT molecular complexity index is 930. The first-order chi connectivity index (χ1) is 14.8. The van der Waals surface area contributed by atoms with Crippen LogP contribution in [-0.4, -0.2) is 40.2 Å². The number of imidazole rings is 1. The third-order valence-electron chi connectivity index (χ3n) is 5.08. The molecule has 2 aromatic rings. The van der Waals surface area contributed by atoms with Gasteiger partial charge in [0.05, 0.1) is 12.3 Å². The van der Waals surface area contributed by atoms with Gasteiger partial charge < -0.3 is 4.74 Å². The normalized spacial score (nSPS) is 12.5. The standard InChI is InChI=1S/C24H32BrN3O3/c1-6-9-18(10-7-2)26-14-19(24(30)31-8-3)22(29)21-23(25)27-15-28(21)20-12-11-16(4)13-17(20)5/h11-15,18-19H,6-10H2,1-5H3. The first kappa shape index (κ1) is 25.0. The number of Topliss-reactive ketones (excluding diaryl/α,β-unsaturated/α-hetero) is 1. The van der Waals surface area contributed by atoms with Crippen molar-refractivity contribution < 1.29 is 14.3 Å². The fourth-order valence-electron chi connectivity index (χ4n) is 3.59. The van der Waals surface area contributed by atoms with E-state index in [4.69, 9.17) is 4.74 Å². The van der Waals surface area contributed by atoms with E-state index in [9.17, 15) is 9.59 Å². The van der Waals surface area contributed by atoms with E-state index in [1.54, 1.807) is 17.8 Å². The summed E-state index contributed by atoms with van der Waals surface area (Å²) in [5, 5.41) is 0. The minimum absolute atomic E-state index is 0.0902. The minimum Gasteiger partial charge on any atom is -0.465 e. The molecule has 1 unspecified atom stereocenters. The van der Waals surface area contributed by atoms with Crippen LogP contribution in [0.2, 0.25) is 0 Å². The summed E-state index contributed by atoms with van der Waals surface area (Å²) in [7, 11) is 0. The van der Waals surface area contributed by atoms with E-state index in [1.165, 1.54) is 6.21 Å². The number of aliphatic imine (C=N–C) groups is 1. The Morgan fingerprint density at radius 2 is 1.87 bits per heavy atom. The SMILES string of the molecule is CCCC(CCC)N=CC(C(=O)OCC)C(=O)c1c(Br)ncn1-c1ccc(C)cc1C. The van der Waals surface area contributed by atoms with Gasteiger partial charge in [-0.3, -0.25) is 19.1 Å². The third-order valence-corrected chi connectivity index (χ3v) is 5.66. The molecule has 6 nitrogen and oxygen atoms in total. The van der Waals surface area contributed by atoms with Crippen molar-refractivity contribution in [1.29, 1.82) is 0 Å². The average molecular weight is 490 g/mol. The highest BCUT2D eigenvalue weighted by Gasteiger charge is 2.32. The Hall–Kier alpha value is -2.28. The highest BCUT2D eigenvalue weighted by atomic mass is 79.9. The summed E-state index contributed by atoms with van der Waals surface area (Å²) in [5.74, 6) is -2.10. The van der Waals surface area contributed by atoms with E-state index in [-0.39, 0.29) is 12.6 Å². The zero-order valence-electron chi connectivity index (χ0n) is 19.0. The lowest BCUT2D eigenvalue weighted by molar-refractivity contribution is -0.144. The van der Waals surface area contributed by atoms with Gasteiger partial charge >= 0.3 is 5.97 Å². The fourth-order valence-corrected chi connectivity index (χ4v) is 4.07. The molecule has 31 heavy (non-hydrogen) atoms. The van der Waals surface area contributed by atoms with Gasteiger partial charge in [-0.25, -0.2) is 4.98 Å². The molecule has 7 heteroatoms. The molecule has 1 aromatic heterocycles. The number of hydrogen-bond donors (Lipinski definition) is 0. The quantitative estimate of drug-likeness (QED) is 0.177. The number of ketones is 1. The molecule has 0 aliphatic rings. The maximum Gasteiger partial charge on any atom is 0.322 e. The Kier molecular flexibility index (Phi) is 9.62. The van der Waals surface area contributed by atoms with Gasteiger partial charge in [0, 0.05) is 12.3 Å². The zero-order valence-corrected chi connectivity index (χ0v) is 20.6. The smallest absolute Gasteiger partial charge is 0.322 e. The molecule has 1 atom stereocenters.